The molecule has 2 aromatic carbocycles. The Labute approximate surface area is 121 Å². The average molecular weight is 282 g/mol. The van der Waals surface area contributed by atoms with Gasteiger partial charge in [-0.3, -0.25) is 0 Å². The van der Waals surface area contributed by atoms with Gasteiger partial charge in [-0.25, -0.2) is 4.79 Å². The van der Waals surface area contributed by atoms with Crippen LogP contribution >= 0.6 is 11.3 Å². The Morgan fingerprint density at radius 1 is 1.15 bits per heavy atom. The molecule has 0 N–H and O–H groups in total. The summed E-state index contributed by atoms with van der Waals surface area (Å²) in [5.41, 5.74) is 1.05. The molecular weight excluding hydrogens is 268 g/mol. The molecule has 0 radical (unpaired) electrons. The number of carbonyl (C=O) groups excluding carboxylic acids is 1. The predicted molar refractivity (Wildman–Crippen MR) is 85.0 cm³/mol. The number of fused-ring (bicyclic) bond motifs is 3. The molecule has 3 heteroatoms. The molecule has 1 heterocycles. The van der Waals surface area contributed by atoms with Gasteiger partial charge in [-0.05, 0) is 24.6 Å². The Morgan fingerprint density at radius 3 is 2.80 bits per heavy atom. The van der Waals surface area contributed by atoms with Gasteiger partial charge in [0.25, 0.3) is 0 Å². The summed E-state index contributed by atoms with van der Waals surface area (Å²) in [6, 6.07) is 14.5. The van der Waals surface area contributed by atoms with E-state index in [2.05, 4.69) is 24.3 Å². The zero-order chi connectivity index (χ0) is 13.9. The lowest BCUT2D eigenvalue weighted by atomic mass is 10.1. The van der Waals surface area contributed by atoms with Crippen LogP contribution in [0, 0.1) is 0 Å². The van der Waals surface area contributed by atoms with Crippen molar-refractivity contribution < 1.29 is 9.53 Å². The van der Waals surface area contributed by atoms with Crippen molar-refractivity contribution in [1.29, 1.82) is 0 Å². The molecule has 0 bridgehead atoms. The van der Waals surface area contributed by atoms with Crippen molar-refractivity contribution in [3.8, 4) is 0 Å². The molecule has 3 rings (SSSR count). The summed E-state index contributed by atoms with van der Waals surface area (Å²) in [6.07, 6.45) is 3.32. The minimum Gasteiger partial charge on any atom is -0.463 e. The van der Waals surface area contributed by atoms with Crippen LogP contribution in [0.15, 0.2) is 48.5 Å². The quantitative estimate of drug-likeness (QED) is 0.517. The fraction of sp³-hybridized carbons (Fsp3) is 0.118. The smallest absolute Gasteiger partial charge is 0.330 e. The number of benzene rings is 2. The topological polar surface area (TPSA) is 26.3 Å². The maximum atomic E-state index is 11.4. The van der Waals surface area contributed by atoms with E-state index in [1.807, 2.05) is 24.3 Å². The Hall–Kier alpha value is -2.13. The van der Waals surface area contributed by atoms with Gasteiger partial charge >= 0.3 is 5.97 Å². The summed E-state index contributed by atoms with van der Waals surface area (Å²) in [4.78, 5) is 11.4. The van der Waals surface area contributed by atoms with Crippen molar-refractivity contribution in [2.24, 2.45) is 0 Å². The Kier molecular flexibility index (Phi) is 3.52. The highest BCUT2D eigenvalue weighted by Crippen LogP contribution is 2.36. The van der Waals surface area contributed by atoms with Crippen molar-refractivity contribution in [3.05, 3.63) is 54.1 Å². The molecule has 0 aliphatic heterocycles. The molecule has 0 atom stereocenters. The van der Waals surface area contributed by atoms with E-state index in [4.69, 9.17) is 4.74 Å². The first-order chi connectivity index (χ1) is 9.79. The second-order valence-corrected chi connectivity index (χ2v) is 5.46. The molecule has 0 amide bonds. The maximum Gasteiger partial charge on any atom is 0.330 e. The van der Waals surface area contributed by atoms with E-state index in [0.717, 1.165) is 5.56 Å². The van der Waals surface area contributed by atoms with Crippen LogP contribution < -0.4 is 0 Å². The molecule has 0 spiro atoms. The number of hydrogen-bond donors (Lipinski definition) is 0. The fourth-order valence-corrected chi connectivity index (χ4v) is 3.44. The van der Waals surface area contributed by atoms with E-state index < -0.39 is 0 Å². The van der Waals surface area contributed by atoms with Gasteiger partial charge in [0.2, 0.25) is 0 Å². The minimum atomic E-state index is -0.300. The molecule has 0 saturated carbocycles. The molecule has 0 fully saturated rings. The van der Waals surface area contributed by atoms with Gasteiger partial charge in [-0.1, -0.05) is 36.4 Å². The number of carbonyl (C=O) groups is 1. The SMILES string of the molecule is CCOC(=O)/C=C\c1cccc2c1sc1ccccc12. The minimum absolute atomic E-state index is 0.300. The van der Waals surface area contributed by atoms with Gasteiger partial charge in [0.1, 0.15) is 0 Å². The lowest BCUT2D eigenvalue weighted by Gasteiger charge is -1.97. The lowest BCUT2D eigenvalue weighted by Crippen LogP contribution is -1.98. The third kappa shape index (κ3) is 2.32. The molecule has 0 aliphatic carbocycles. The van der Waals surface area contributed by atoms with E-state index in [1.54, 1.807) is 18.3 Å². The van der Waals surface area contributed by atoms with Gasteiger partial charge in [0, 0.05) is 26.2 Å². The van der Waals surface area contributed by atoms with Gasteiger partial charge in [0.15, 0.2) is 0 Å². The van der Waals surface area contributed by atoms with E-state index in [-0.39, 0.29) is 5.97 Å². The molecule has 3 aromatic rings. The zero-order valence-electron chi connectivity index (χ0n) is 11.1. The van der Waals surface area contributed by atoms with Crippen molar-refractivity contribution in [2.75, 3.05) is 6.61 Å². The lowest BCUT2D eigenvalue weighted by molar-refractivity contribution is -0.137. The third-order valence-corrected chi connectivity index (χ3v) is 4.36. The summed E-state index contributed by atoms with van der Waals surface area (Å²) in [5.74, 6) is -0.300. The fourth-order valence-electron chi connectivity index (χ4n) is 2.25. The van der Waals surface area contributed by atoms with Crippen LogP contribution in [0.25, 0.3) is 26.2 Å². The van der Waals surface area contributed by atoms with Crippen LogP contribution in [-0.4, -0.2) is 12.6 Å². The highest BCUT2D eigenvalue weighted by atomic mass is 32.1. The Balaban J connectivity index is 2.10. The molecule has 2 nitrogen and oxygen atoms in total. The molecule has 100 valence electrons. The van der Waals surface area contributed by atoms with E-state index >= 15 is 0 Å². The summed E-state index contributed by atoms with van der Waals surface area (Å²) >= 11 is 1.75. The largest absolute Gasteiger partial charge is 0.463 e. The standard InChI is InChI=1S/C17H14O2S/c1-2-19-16(18)11-10-12-6-5-8-14-13-7-3-4-9-15(13)20-17(12)14/h3-11H,2H2,1H3/b11-10-. The number of esters is 1. The molecule has 0 unspecified atom stereocenters. The summed E-state index contributed by atoms with van der Waals surface area (Å²) in [5, 5.41) is 2.50. The van der Waals surface area contributed by atoms with Crippen LogP contribution in [0.3, 0.4) is 0 Å². The molecule has 0 aliphatic rings. The Bertz CT molecular complexity index is 799. The number of rotatable bonds is 3. The maximum absolute atomic E-state index is 11.4. The second-order valence-electron chi connectivity index (χ2n) is 4.41. The first kappa shape index (κ1) is 12.9. The Morgan fingerprint density at radius 2 is 1.95 bits per heavy atom. The van der Waals surface area contributed by atoms with E-state index in [9.17, 15) is 4.79 Å². The molecule has 20 heavy (non-hydrogen) atoms. The zero-order valence-corrected chi connectivity index (χ0v) is 11.9. The van der Waals surface area contributed by atoms with E-state index in [1.165, 1.54) is 26.2 Å². The summed E-state index contributed by atoms with van der Waals surface area (Å²) in [7, 11) is 0. The average Bonchev–Trinajstić information content (AvgIpc) is 2.84. The number of hydrogen-bond acceptors (Lipinski definition) is 3. The van der Waals surface area contributed by atoms with Crippen LogP contribution in [0.4, 0.5) is 0 Å². The monoisotopic (exact) mass is 282 g/mol. The second kappa shape index (κ2) is 5.47. The first-order valence-electron chi connectivity index (χ1n) is 6.54. The molecule has 0 saturated heterocycles. The van der Waals surface area contributed by atoms with Crippen LogP contribution in [0.2, 0.25) is 0 Å². The normalized spacial score (nSPS) is 11.4. The predicted octanol–water partition coefficient (Wildman–Crippen LogP) is 4.63. The van der Waals surface area contributed by atoms with Crippen molar-refractivity contribution in [1.82, 2.24) is 0 Å². The van der Waals surface area contributed by atoms with E-state index in [0.29, 0.717) is 6.61 Å². The number of thiophene rings is 1. The third-order valence-electron chi connectivity index (χ3n) is 3.12. The molecule has 1 aromatic heterocycles. The summed E-state index contributed by atoms with van der Waals surface area (Å²) in [6.45, 7) is 2.20. The highest BCUT2D eigenvalue weighted by molar-refractivity contribution is 7.26. The van der Waals surface area contributed by atoms with Gasteiger partial charge in [0.05, 0.1) is 6.61 Å². The van der Waals surface area contributed by atoms with Crippen molar-refractivity contribution >= 4 is 43.6 Å². The van der Waals surface area contributed by atoms with Crippen LogP contribution in [0.5, 0.6) is 0 Å². The highest BCUT2D eigenvalue weighted by Gasteiger charge is 2.06. The van der Waals surface area contributed by atoms with Gasteiger partial charge < -0.3 is 4.74 Å². The summed E-state index contributed by atoms with van der Waals surface area (Å²) < 4.78 is 7.38. The van der Waals surface area contributed by atoms with Crippen LogP contribution in [-0.2, 0) is 9.53 Å². The first-order valence-corrected chi connectivity index (χ1v) is 7.36. The van der Waals surface area contributed by atoms with Crippen molar-refractivity contribution in [3.63, 3.8) is 0 Å². The van der Waals surface area contributed by atoms with Crippen molar-refractivity contribution in [2.45, 2.75) is 6.92 Å². The van der Waals surface area contributed by atoms with Gasteiger partial charge in [-0.2, -0.15) is 0 Å². The van der Waals surface area contributed by atoms with Crippen LogP contribution in [0.1, 0.15) is 12.5 Å². The van der Waals surface area contributed by atoms with Gasteiger partial charge in [-0.15, -0.1) is 11.3 Å². The number of ether oxygens (including phenoxy) is 1. The molecular formula is C17H14O2S.